The summed E-state index contributed by atoms with van der Waals surface area (Å²) in [7, 11) is 0. The summed E-state index contributed by atoms with van der Waals surface area (Å²) in [5.41, 5.74) is 2.98. The molecule has 0 bridgehead atoms. The Kier molecular flexibility index (Phi) is 3.37. The summed E-state index contributed by atoms with van der Waals surface area (Å²) in [4.78, 5) is 3.10. The lowest BCUT2D eigenvalue weighted by atomic mass is 10.0. The Morgan fingerprint density at radius 1 is 1.31 bits per heavy atom. The van der Waals surface area contributed by atoms with Gasteiger partial charge in [-0.2, -0.15) is 0 Å². The highest BCUT2D eigenvalue weighted by molar-refractivity contribution is 5.63. The number of H-pyrrole nitrogens is 1. The Hall–Kier alpha value is -1.61. The van der Waals surface area contributed by atoms with E-state index in [4.69, 9.17) is 0 Å². The van der Waals surface area contributed by atoms with E-state index in [0.717, 1.165) is 29.9 Å². The number of halogens is 1. The summed E-state index contributed by atoms with van der Waals surface area (Å²) < 4.78 is 13.2. The first kappa shape index (κ1) is 10.9. The van der Waals surface area contributed by atoms with Crippen molar-refractivity contribution in [1.29, 1.82) is 0 Å². The summed E-state index contributed by atoms with van der Waals surface area (Å²) in [6.45, 7) is 3.71. The lowest BCUT2D eigenvalue weighted by Gasteiger charge is -2.08. The standard InChI is InChI=1S/C13H15FN2/c1-2-15-9-10-5-6-11(14)8-12(10)13-4-3-7-16-13/h3-8,15-16H,2,9H2,1H3. The predicted octanol–water partition coefficient (Wildman–Crippen LogP) is 2.93. The van der Waals surface area contributed by atoms with Crippen LogP contribution < -0.4 is 5.32 Å². The molecule has 2 aromatic rings. The zero-order valence-electron chi connectivity index (χ0n) is 9.26. The summed E-state index contributed by atoms with van der Waals surface area (Å²) in [5, 5.41) is 3.25. The van der Waals surface area contributed by atoms with Gasteiger partial charge in [-0.05, 0) is 36.4 Å². The lowest BCUT2D eigenvalue weighted by Crippen LogP contribution is -2.12. The molecule has 1 aromatic carbocycles. The molecule has 1 aromatic heterocycles. The van der Waals surface area contributed by atoms with Crippen molar-refractivity contribution in [1.82, 2.24) is 10.3 Å². The van der Waals surface area contributed by atoms with E-state index in [1.165, 1.54) is 6.07 Å². The second-order valence-electron chi connectivity index (χ2n) is 3.67. The monoisotopic (exact) mass is 218 g/mol. The van der Waals surface area contributed by atoms with Gasteiger partial charge in [0, 0.05) is 24.0 Å². The topological polar surface area (TPSA) is 27.8 Å². The largest absolute Gasteiger partial charge is 0.361 e. The first-order valence-electron chi connectivity index (χ1n) is 5.44. The van der Waals surface area contributed by atoms with Crippen LogP contribution in [0.5, 0.6) is 0 Å². The van der Waals surface area contributed by atoms with Crippen molar-refractivity contribution in [2.45, 2.75) is 13.5 Å². The van der Waals surface area contributed by atoms with Crippen molar-refractivity contribution < 1.29 is 4.39 Å². The normalized spacial score (nSPS) is 10.6. The fourth-order valence-corrected chi connectivity index (χ4v) is 1.71. The highest BCUT2D eigenvalue weighted by Crippen LogP contribution is 2.23. The van der Waals surface area contributed by atoms with Gasteiger partial charge < -0.3 is 10.3 Å². The molecule has 0 radical (unpaired) electrons. The number of hydrogen-bond donors (Lipinski definition) is 2. The molecule has 1 heterocycles. The van der Waals surface area contributed by atoms with E-state index in [1.807, 2.05) is 24.4 Å². The molecular formula is C13H15FN2. The molecular weight excluding hydrogens is 203 g/mol. The van der Waals surface area contributed by atoms with Gasteiger partial charge in [0.05, 0.1) is 0 Å². The van der Waals surface area contributed by atoms with Gasteiger partial charge in [-0.1, -0.05) is 13.0 Å². The average molecular weight is 218 g/mol. The van der Waals surface area contributed by atoms with Crippen LogP contribution in [-0.2, 0) is 6.54 Å². The van der Waals surface area contributed by atoms with Crippen molar-refractivity contribution in [2.24, 2.45) is 0 Å². The molecule has 0 saturated carbocycles. The van der Waals surface area contributed by atoms with Crippen LogP contribution in [0, 0.1) is 5.82 Å². The van der Waals surface area contributed by atoms with Gasteiger partial charge in [0.1, 0.15) is 5.82 Å². The molecule has 0 aliphatic rings. The minimum atomic E-state index is -0.204. The molecule has 2 rings (SSSR count). The highest BCUT2D eigenvalue weighted by atomic mass is 19.1. The zero-order chi connectivity index (χ0) is 11.4. The minimum absolute atomic E-state index is 0.204. The Balaban J connectivity index is 2.37. The van der Waals surface area contributed by atoms with E-state index >= 15 is 0 Å². The van der Waals surface area contributed by atoms with Crippen molar-refractivity contribution in [3.05, 3.63) is 47.9 Å². The first-order valence-corrected chi connectivity index (χ1v) is 5.44. The smallest absolute Gasteiger partial charge is 0.123 e. The van der Waals surface area contributed by atoms with Crippen LogP contribution >= 0.6 is 0 Å². The molecule has 0 unspecified atom stereocenters. The predicted molar refractivity (Wildman–Crippen MR) is 63.6 cm³/mol. The number of nitrogens with one attached hydrogen (secondary N) is 2. The first-order chi connectivity index (χ1) is 7.81. The van der Waals surface area contributed by atoms with Gasteiger partial charge in [-0.3, -0.25) is 0 Å². The van der Waals surface area contributed by atoms with E-state index in [9.17, 15) is 4.39 Å². The molecule has 0 amide bonds. The van der Waals surface area contributed by atoms with Crippen LogP contribution in [0.3, 0.4) is 0 Å². The number of rotatable bonds is 4. The van der Waals surface area contributed by atoms with Gasteiger partial charge in [-0.15, -0.1) is 0 Å². The van der Waals surface area contributed by atoms with Crippen LogP contribution in [0.2, 0.25) is 0 Å². The Morgan fingerprint density at radius 2 is 2.19 bits per heavy atom. The minimum Gasteiger partial charge on any atom is -0.361 e. The quantitative estimate of drug-likeness (QED) is 0.811. The molecule has 0 saturated heterocycles. The van der Waals surface area contributed by atoms with Crippen molar-refractivity contribution in [3.8, 4) is 11.3 Å². The number of hydrogen-bond acceptors (Lipinski definition) is 1. The zero-order valence-corrected chi connectivity index (χ0v) is 9.26. The molecule has 2 N–H and O–H groups in total. The van der Waals surface area contributed by atoms with Crippen LogP contribution in [0.15, 0.2) is 36.5 Å². The lowest BCUT2D eigenvalue weighted by molar-refractivity contribution is 0.626. The van der Waals surface area contributed by atoms with E-state index < -0.39 is 0 Å². The van der Waals surface area contributed by atoms with Gasteiger partial charge >= 0.3 is 0 Å². The second kappa shape index (κ2) is 4.94. The molecule has 0 spiro atoms. The summed E-state index contributed by atoms with van der Waals surface area (Å²) in [5.74, 6) is -0.204. The van der Waals surface area contributed by atoms with Crippen LogP contribution in [0.4, 0.5) is 4.39 Å². The summed E-state index contributed by atoms with van der Waals surface area (Å²) in [6.07, 6.45) is 1.84. The summed E-state index contributed by atoms with van der Waals surface area (Å²) in [6, 6.07) is 8.76. The third-order valence-corrected chi connectivity index (χ3v) is 2.53. The molecule has 3 heteroatoms. The Bertz CT molecular complexity index is 449. The van der Waals surface area contributed by atoms with Gasteiger partial charge in [0.2, 0.25) is 0 Å². The molecule has 0 aliphatic heterocycles. The molecule has 2 nitrogen and oxygen atoms in total. The van der Waals surface area contributed by atoms with Crippen LogP contribution in [0.1, 0.15) is 12.5 Å². The van der Waals surface area contributed by atoms with E-state index in [1.54, 1.807) is 6.07 Å². The Labute approximate surface area is 94.5 Å². The third kappa shape index (κ3) is 2.31. The van der Waals surface area contributed by atoms with Crippen molar-refractivity contribution >= 4 is 0 Å². The fraction of sp³-hybridized carbons (Fsp3) is 0.231. The summed E-state index contributed by atoms with van der Waals surface area (Å²) >= 11 is 0. The van der Waals surface area contributed by atoms with Gasteiger partial charge in [-0.25, -0.2) is 4.39 Å². The van der Waals surface area contributed by atoms with Gasteiger partial charge in [0.25, 0.3) is 0 Å². The highest BCUT2D eigenvalue weighted by Gasteiger charge is 2.06. The number of aromatic nitrogens is 1. The molecule has 16 heavy (non-hydrogen) atoms. The third-order valence-electron chi connectivity index (χ3n) is 2.53. The Morgan fingerprint density at radius 3 is 2.88 bits per heavy atom. The maximum Gasteiger partial charge on any atom is 0.123 e. The van der Waals surface area contributed by atoms with Crippen molar-refractivity contribution in [2.75, 3.05) is 6.54 Å². The van der Waals surface area contributed by atoms with E-state index in [0.29, 0.717) is 0 Å². The molecule has 0 fully saturated rings. The van der Waals surface area contributed by atoms with Crippen molar-refractivity contribution in [3.63, 3.8) is 0 Å². The SMILES string of the molecule is CCNCc1ccc(F)cc1-c1ccc[nH]1. The van der Waals surface area contributed by atoms with Crippen LogP contribution in [0.25, 0.3) is 11.3 Å². The van der Waals surface area contributed by atoms with E-state index in [-0.39, 0.29) is 5.82 Å². The maximum absolute atomic E-state index is 13.2. The molecule has 84 valence electrons. The second-order valence-corrected chi connectivity index (χ2v) is 3.67. The number of benzene rings is 1. The maximum atomic E-state index is 13.2. The van der Waals surface area contributed by atoms with E-state index in [2.05, 4.69) is 17.2 Å². The van der Waals surface area contributed by atoms with Crippen LogP contribution in [-0.4, -0.2) is 11.5 Å². The molecule has 0 aliphatic carbocycles. The fourth-order valence-electron chi connectivity index (χ4n) is 1.71. The average Bonchev–Trinajstić information content (AvgIpc) is 2.80. The number of aromatic amines is 1. The molecule has 0 atom stereocenters. The van der Waals surface area contributed by atoms with Gasteiger partial charge in [0.15, 0.2) is 0 Å².